The minimum atomic E-state index is 0.304. The van der Waals surface area contributed by atoms with Gasteiger partial charge in [0.25, 0.3) is 0 Å². The highest BCUT2D eigenvalue weighted by atomic mass is 16.2. The van der Waals surface area contributed by atoms with Crippen LogP contribution in [0.2, 0.25) is 0 Å². The highest BCUT2D eigenvalue weighted by molar-refractivity contribution is 5.78. The first-order chi connectivity index (χ1) is 8.26. The van der Waals surface area contributed by atoms with Gasteiger partial charge in [-0.2, -0.15) is 0 Å². The Morgan fingerprint density at radius 1 is 1.18 bits per heavy atom. The fraction of sp³-hybridized carbons (Fsp3) is 0.929. The summed E-state index contributed by atoms with van der Waals surface area (Å²) in [6.45, 7) is 5.77. The van der Waals surface area contributed by atoms with Crippen LogP contribution in [0.1, 0.15) is 51.9 Å². The van der Waals surface area contributed by atoms with Crippen LogP contribution in [0.15, 0.2) is 0 Å². The third-order valence-electron chi connectivity index (χ3n) is 4.44. The first-order valence-corrected chi connectivity index (χ1v) is 7.24. The van der Waals surface area contributed by atoms with E-state index in [1.807, 2.05) is 4.90 Å². The smallest absolute Gasteiger partial charge is 0.236 e. The molecule has 0 spiro atoms. The fourth-order valence-electron chi connectivity index (χ4n) is 2.70. The summed E-state index contributed by atoms with van der Waals surface area (Å²) in [6, 6.07) is 0. The van der Waals surface area contributed by atoms with Crippen LogP contribution in [-0.2, 0) is 4.79 Å². The van der Waals surface area contributed by atoms with E-state index >= 15 is 0 Å². The predicted octanol–water partition coefficient (Wildman–Crippen LogP) is 2.17. The van der Waals surface area contributed by atoms with Gasteiger partial charge in [0, 0.05) is 19.6 Å². The van der Waals surface area contributed by atoms with Crippen molar-refractivity contribution >= 4 is 5.91 Å². The molecule has 0 bridgehead atoms. The van der Waals surface area contributed by atoms with Crippen LogP contribution >= 0.6 is 0 Å². The Bertz CT molecular complexity index is 253. The Morgan fingerprint density at radius 2 is 1.82 bits per heavy atom. The Balaban J connectivity index is 1.65. The van der Waals surface area contributed by atoms with Crippen LogP contribution in [-0.4, -0.2) is 37.0 Å². The number of amides is 1. The van der Waals surface area contributed by atoms with Gasteiger partial charge in [-0.25, -0.2) is 0 Å². The Hall–Kier alpha value is -0.570. The second-order valence-electron chi connectivity index (χ2n) is 5.75. The molecule has 3 nitrogen and oxygen atoms in total. The number of carbonyl (C=O) groups excluding carboxylic acids is 1. The largest absolute Gasteiger partial charge is 0.342 e. The van der Waals surface area contributed by atoms with E-state index in [4.69, 9.17) is 0 Å². The maximum absolute atomic E-state index is 12.0. The highest BCUT2D eigenvalue weighted by Gasteiger charge is 2.40. The molecule has 2 aliphatic rings. The summed E-state index contributed by atoms with van der Waals surface area (Å²) >= 11 is 0. The van der Waals surface area contributed by atoms with Crippen molar-refractivity contribution in [2.24, 2.45) is 5.41 Å². The predicted molar refractivity (Wildman–Crippen MR) is 69.9 cm³/mol. The molecule has 0 atom stereocenters. The average Bonchev–Trinajstić information content (AvgIpc) is 3.13. The van der Waals surface area contributed by atoms with Gasteiger partial charge in [-0.15, -0.1) is 0 Å². The summed E-state index contributed by atoms with van der Waals surface area (Å²) in [5.74, 6) is 0.304. The topological polar surface area (TPSA) is 32.3 Å². The molecule has 2 rings (SSSR count). The van der Waals surface area contributed by atoms with E-state index in [2.05, 4.69) is 12.2 Å². The van der Waals surface area contributed by atoms with Gasteiger partial charge < -0.3 is 10.2 Å². The standard InChI is InChI=1S/C14H26N2O/c1-2-14(7-8-14)12-15-11-13(17)16-9-5-3-4-6-10-16/h15H,2-12H2,1H3. The van der Waals surface area contributed by atoms with Crippen molar-refractivity contribution in [1.29, 1.82) is 0 Å². The van der Waals surface area contributed by atoms with E-state index < -0.39 is 0 Å². The van der Waals surface area contributed by atoms with Crippen molar-refractivity contribution in [2.45, 2.75) is 51.9 Å². The maximum atomic E-state index is 12.0. The van der Waals surface area contributed by atoms with E-state index in [-0.39, 0.29) is 0 Å². The van der Waals surface area contributed by atoms with E-state index in [1.54, 1.807) is 0 Å². The summed E-state index contributed by atoms with van der Waals surface area (Å²) in [4.78, 5) is 14.1. The number of nitrogens with zero attached hydrogens (tertiary/aromatic N) is 1. The molecule has 1 aliphatic carbocycles. The quantitative estimate of drug-likeness (QED) is 0.796. The number of hydrogen-bond donors (Lipinski definition) is 1. The summed E-state index contributed by atoms with van der Waals surface area (Å²) in [7, 11) is 0. The minimum Gasteiger partial charge on any atom is -0.342 e. The lowest BCUT2D eigenvalue weighted by Gasteiger charge is -2.21. The molecule has 1 amide bonds. The van der Waals surface area contributed by atoms with Gasteiger partial charge in [0.2, 0.25) is 5.91 Å². The zero-order valence-electron chi connectivity index (χ0n) is 11.1. The number of rotatable bonds is 5. The van der Waals surface area contributed by atoms with Gasteiger partial charge in [0.05, 0.1) is 6.54 Å². The molecule has 1 saturated carbocycles. The second-order valence-corrected chi connectivity index (χ2v) is 5.75. The molecule has 0 radical (unpaired) electrons. The SMILES string of the molecule is CCC1(CNCC(=O)N2CCCCCC2)CC1. The monoisotopic (exact) mass is 238 g/mol. The molecule has 17 heavy (non-hydrogen) atoms. The molecular formula is C14H26N2O. The van der Waals surface area contributed by atoms with Crippen LogP contribution in [0.4, 0.5) is 0 Å². The first-order valence-electron chi connectivity index (χ1n) is 7.24. The summed E-state index contributed by atoms with van der Waals surface area (Å²) in [6.07, 6.45) is 8.88. The molecule has 0 aromatic heterocycles. The summed E-state index contributed by atoms with van der Waals surface area (Å²) < 4.78 is 0. The van der Waals surface area contributed by atoms with Gasteiger partial charge in [0.1, 0.15) is 0 Å². The van der Waals surface area contributed by atoms with E-state index in [9.17, 15) is 4.79 Å². The number of likely N-dealkylation sites (tertiary alicyclic amines) is 1. The molecule has 1 saturated heterocycles. The molecular weight excluding hydrogens is 212 g/mol. The lowest BCUT2D eigenvalue weighted by atomic mass is 10.0. The van der Waals surface area contributed by atoms with Crippen LogP contribution in [0.3, 0.4) is 0 Å². The molecule has 1 aliphatic heterocycles. The molecule has 1 heterocycles. The van der Waals surface area contributed by atoms with Gasteiger partial charge in [-0.3, -0.25) is 4.79 Å². The number of hydrogen-bond acceptors (Lipinski definition) is 2. The molecule has 3 heteroatoms. The van der Waals surface area contributed by atoms with E-state index in [1.165, 1.54) is 44.9 Å². The summed E-state index contributed by atoms with van der Waals surface area (Å²) in [5, 5.41) is 3.37. The van der Waals surface area contributed by atoms with Crippen molar-refractivity contribution < 1.29 is 4.79 Å². The summed E-state index contributed by atoms with van der Waals surface area (Å²) in [5.41, 5.74) is 0.541. The van der Waals surface area contributed by atoms with Crippen molar-refractivity contribution in [3.63, 3.8) is 0 Å². The van der Waals surface area contributed by atoms with Crippen LogP contribution < -0.4 is 5.32 Å². The lowest BCUT2D eigenvalue weighted by Crippen LogP contribution is -2.40. The van der Waals surface area contributed by atoms with Crippen LogP contribution in [0.25, 0.3) is 0 Å². The molecule has 1 N–H and O–H groups in total. The third-order valence-corrected chi connectivity index (χ3v) is 4.44. The molecule has 0 aromatic carbocycles. The van der Waals surface area contributed by atoms with Crippen molar-refractivity contribution in [3.05, 3.63) is 0 Å². The number of carbonyl (C=O) groups is 1. The highest BCUT2D eigenvalue weighted by Crippen LogP contribution is 2.47. The lowest BCUT2D eigenvalue weighted by molar-refractivity contribution is -0.130. The Kier molecular flexibility index (Phi) is 4.43. The molecule has 0 unspecified atom stereocenters. The van der Waals surface area contributed by atoms with Crippen molar-refractivity contribution in [1.82, 2.24) is 10.2 Å². The van der Waals surface area contributed by atoms with Gasteiger partial charge in [0.15, 0.2) is 0 Å². The van der Waals surface area contributed by atoms with Gasteiger partial charge in [-0.05, 0) is 37.5 Å². The zero-order valence-corrected chi connectivity index (χ0v) is 11.1. The van der Waals surface area contributed by atoms with Gasteiger partial charge in [-0.1, -0.05) is 19.8 Å². The van der Waals surface area contributed by atoms with Crippen molar-refractivity contribution in [3.8, 4) is 0 Å². The molecule has 98 valence electrons. The number of nitrogens with one attached hydrogen (secondary N) is 1. The second kappa shape index (κ2) is 5.85. The Labute approximate surface area is 105 Å². The molecule has 2 fully saturated rings. The minimum absolute atomic E-state index is 0.304. The Morgan fingerprint density at radius 3 is 2.35 bits per heavy atom. The average molecular weight is 238 g/mol. The third kappa shape index (κ3) is 3.70. The maximum Gasteiger partial charge on any atom is 0.236 e. The normalized spacial score (nSPS) is 23.2. The van der Waals surface area contributed by atoms with Gasteiger partial charge >= 0.3 is 0 Å². The van der Waals surface area contributed by atoms with E-state index in [0.29, 0.717) is 17.9 Å². The first kappa shape index (κ1) is 12.9. The van der Waals surface area contributed by atoms with Crippen LogP contribution in [0, 0.1) is 5.41 Å². The molecule has 0 aromatic rings. The van der Waals surface area contributed by atoms with E-state index in [0.717, 1.165) is 19.6 Å². The van der Waals surface area contributed by atoms with Crippen molar-refractivity contribution in [2.75, 3.05) is 26.2 Å². The van der Waals surface area contributed by atoms with Crippen LogP contribution in [0.5, 0.6) is 0 Å². The fourth-order valence-corrected chi connectivity index (χ4v) is 2.70. The zero-order chi connectivity index (χ0) is 12.1.